The number of carbonyl (C=O) groups is 3. The molecule has 0 unspecified atom stereocenters. The summed E-state index contributed by atoms with van der Waals surface area (Å²) in [6.45, 7) is 6.53. The number of aryl methyl sites for hydroxylation is 1. The number of halogens is 1. The fourth-order valence-corrected chi connectivity index (χ4v) is 4.57. The Bertz CT molecular complexity index is 1100. The molecule has 0 spiro atoms. The van der Waals surface area contributed by atoms with Crippen molar-refractivity contribution in [3.8, 4) is 11.5 Å². The van der Waals surface area contributed by atoms with E-state index in [-0.39, 0.29) is 35.3 Å². The lowest BCUT2D eigenvalue weighted by Gasteiger charge is -2.38. The molecule has 0 bridgehead atoms. The van der Waals surface area contributed by atoms with Crippen LogP contribution in [0.5, 0.6) is 11.5 Å². The highest BCUT2D eigenvalue weighted by molar-refractivity contribution is 5.99. The van der Waals surface area contributed by atoms with Crippen LogP contribution in [0.2, 0.25) is 0 Å². The molecule has 1 aliphatic carbocycles. The number of aromatic nitrogens is 1. The maximum Gasteiger partial charge on any atom is 0.309 e. The van der Waals surface area contributed by atoms with Crippen LogP contribution in [-0.2, 0) is 14.3 Å². The first kappa shape index (κ1) is 26.3. The maximum absolute atomic E-state index is 13.7. The number of carbonyl (C=O) groups excluding carboxylic acids is 3. The van der Waals surface area contributed by atoms with E-state index in [1.54, 1.807) is 13.0 Å². The van der Waals surface area contributed by atoms with Gasteiger partial charge in [-0.2, -0.15) is 0 Å². The number of hydrogen-bond acceptors (Lipinski definition) is 7. The van der Waals surface area contributed by atoms with Crippen molar-refractivity contribution in [2.45, 2.75) is 65.4 Å². The van der Waals surface area contributed by atoms with Gasteiger partial charge in [0.25, 0.3) is 0 Å². The number of methoxy groups -OCH3 is 1. The van der Waals surface area contributed by atoms with E-state index in [0.29, 0.717) is 5.92 Å². The van der Waals surface area contributed by atoms with E-state index >= 15 is 0 Å². The molecule has 1 aromatic heterocycles. The van der Waals surface area contributed by atoms with Crippen molar-refractivity contribution in [2.75, 3.05) is 7.11 Å². The van der Waals surface area contributed by atoms with Gasteiger partial charge in [-0.15, -0.1) is 0 Å². The summed E-state index contributed by atoms with van der Waals surface area (Å²) in [5.41, 5.74) is 1.73. The van der Waals surface area contributed by atoms with Crippen molar-refractivity contribution in [1.82, 2.24) is 4.98 Å². The van der Waals surface area contributed by atoms with Crippen molar-refractivity contribution in [3.05, 3.63) is 53.1 Å². The van der Waals surface area contributed by atoms with Crippen molar-refractivity contribution in [3.63, 3.8) is 0 Å². The molecule has 1 aromatic carbocycles. The highest BCUT2D eigenvalue weighted by atomic mass is 19.1. The standard InChI is InChI=1S/C27H32FNO6/c1-15-13-20(28)9-10-21(15)24(19-7-6-8-19)17(3)34-27(32)16(2)14-22(31)25-26(35-18(4)30)23(33-5)11-12-29-25/h9-13,16-17,19,24H,6-8,14H2,1-5H3/t16-,17+,24+/m1/s1. The number of hydrogen-bond donors (Lipinski definition) is 0. The molecule has 1 saturated carbocycles. The van der Waals surface area contributed by atoms with Gasteiger partial charge in [0.1, 0.15) is 11.9 Å². The van der Waals surface area contributed by atoms with E-state index in [9.17, 15) is 18.8 Å². The third kappa shape index (κ3) is 6.24. The second-order valence-electron chi connectivity index (χ2n) is 9.17. The summed E-state index contributed by atoms with van der Waals surface area (Å²) in [4.78, 5) is 41.5. The second-order valence-corrected chi connectivity index (χ2v) is 9.17. The van der Waals surface area contributed by atoms with Gasteiger partial charge in [-0.05, 0) is 55.9 Å². The summed E-state index contributed by atoms with van der Waals surface area (Å²) in [7, 11) is 1.39. The normalized spacial score (nSPS) is 15.9. The van der Waals surface area contributed by atoms with Gasteiger partial charge in [-0.1, -0.05) is 19.4 Å². The molecule has 2 aromatic rings. The van der Waals surface area contributed by atoms with E-state index in [0.717, 1.165) is 30.4 Å². The Labute approximate surface area is 205 Å². The van der Waals surface area contributed by atoms with E-state index in [2.05, 4.69) is 4.98 Å². The number of pyridine rings is 1. The topological polar surface area (TPSA) is 91.8 Å². The van der Waals surface area contributed by atoms with Crippen molar-refractivity contribution >= 4 is 17.7 Å². The quantitative estimate of drug-likeness (QED) is 0.338. The van der Waals surface area contributed by atoms with Crippen LogP contribution in [0.1, 0.15) is 74.0 Å². The number of esters is 2. The second kappa shape index (κ2) is 11.4. The molecule has 8 heteroatoms. The molecular formula is C27H32FNO6. The van der Waals surface area contributed by atoms with Crippen LogP contribution >= 0.6 is 0 Å². The average Bonchev–Trinajstić information content (AvgIpc) is 2.76. The lowest BCUT2D eigenvalue weighted by Crippen LogP contribution is -2.34. The zero-order valence-corrected chi connectivity index (χ0v) is 20.8. The Balaban J connectivity index is 1.73. The van der Waals surface area contributed by atoms with E-state index < -0.39 is 29.7 Å². The minimum Gasteiger partial charge on any atom is -0.493 e. The van der Waals surface area contributed by atoms with Gasteiger partial charge in [-0.3, -0.25) is 14.4 Å². The lowest BCUT2D eigenvalue weighted by atomic mass is 9.70. The number of rotatable bonds is 10. The molecule has 0 N–H and O–H groups in total. The summed E-state index contributed by atoms with van der Waals surface area (Å²) in [5.74, 6) is -2.22. The molecule has 188 valence electrons. The van der Waals surface area contributed by atoms with Crippen LogP contribution in [0, 0.1) is 24.6 Å². The monoisotopic (exact) mass is 485 g/mol. The third-order valence-corrected chi connectivity index (χ3v) is 6.55. The number of ketones is 1. The summed E-state index contributed by atoms with van der Waals surface area (Å²) in [6, 6.07) is 6.19. The molecular weight excluding hydrogens is 453 g/mol. The van der Waals surface area contributed by atoms with Crippen LogP contribution < -0.4 is 9.47 Å². The van der Waals surface area contributed by atoms with Gasteiger partial charge in [0.05, 0.1) is 13.0 Å². The molecule has 1 fully saturated rings. The number of nitrogens with zero attached hydrogens (tertiary/aromatic N) is 1. The van der Waals surface area contributed by atoms with Crippen LogP contribution in [0.15, 0.2) is 30.5 Å². The maximum atomic E-state index is 13.7. The highest BCUT2D eigenvalue weighted by Gasteiger charge is 2.36. The van der Waals surface area contributed by atoms with Gasteiger partial charge in [0.15, 0.2) is 17.2 Å². The van der Waals surface area contributed by atoms with E-state index in [1.165, 1.54) is 38.4 Å². The highest BCUT2D eigenvalue weighted by Crippen LogP contribution is 2.43. The fourth-order valence-electron chi connectivity index (χ4n) is 4.57. The Kier molecular flexibility index (Phi) is 8.59. The smallest absolute Gasteiger partial charge is 0.309 e. The van der Waals surface area contributed by atoms with Crippen LogP contribution in [0.4, 0.5) is 4.39 Å². The molecule has 1 heterocycles. The predicted molar refractivity (Wildman–Crippen MR) is 127 cm³/mol. The van der Waals surface area contributed by atoms with Gasteiger partial charge >= 0.3 is 11.9 Å². The average molecular weight is 486 g/mol. The Morgan fingerprint density at radius 1 is 1.17 bits per heavy atom. The largest absolute Gasteiger partial charge is 0.493 e. The lowest BCUT2D eigenvalue weighted by molar-refractivity contribution is -0.154. The first-order valence-corrected chi connectivity index (χ1v) is 11.8. The molecule has 3 atom stereocenters. The summed E-state index contributed by atoms with van der Waals surface area (Å²) >= 11 is 0. The minimum absolute atomic E-state index is 0.0492. The minimum atomic E-state index is -0.750. The Morgan fingerprint density at radius 3 is 2.46 bits per heavy atom. The molecule has 1 aliphatic rings. The SMILES string of the molecule is COc1ccnc(C(=O)C[C@@H](C)C(=O)O[C@@H](C)[C@H](c2ccc(F)cc2C)C2CCC2)c1OC(C)=O. The predicted octanol–water partition coefficient (Wildman–Crippen LogP) is 5.19. The van der Waals surface area contributed by atoms with Gasteiger partial charge in [0, 0.05) is 31.5 Å². The van der Waals surface area contributed by atoms with Gasteiger partial charge in [0.2, 0.25) is 5.75 Å². The van der Waals surface area contributed by atoms with Crippen molar-refractivity contribution in [1.29, 1.82) is 0 Å². The fraction of sp³-hybridized carbons (Fsp3) is 0.481. The molecule has 0 aliphatic heterocycles. The van der Waals surface area contributed by atoms with Crippen molar-refractivity contribution < 1.29 is 33.0 Å². The van der Waals surface area contributed by atoms with Gasteiger partial charge in [-0.25, -0.2) is 9.37 Å². The molecule has 0 radical (unpaired) electrons. The van der Waals surface area contributed by atoms with Crippen LogP contribution in [-0.4, -0.2) is 35.9 Å². The first-order chi connectivity index (χ1) is 16.6. The molecule has 35 heavy (non-hydrogen) atoms. The van der Waals surface area contributed by atoms with E-state index in [1.807, 2.05) is 13.8 Å². The Morgan fingerprint density at radius 2 is 1.89 bits per heavy atom. The number of benzene rings is 1. The molecule has 0 amide bonds. The van der Waals surface area contributed by atoms with Crippen LogP contribution in [0.25, 0.3) is 0 Å². The van der Waals surface area contributed by atoms with Gasteiger partial charge < -0.3 is 14.2 Å². The first-order valence-electron chi connectivity index (χ1n) is 11.8. The zero-order valence-electron chi connectivity index (χ0n) is 20.8. The third-order valence-electron chi connectivity index (χ3n) is 6.55. The Hall–Kier alpha value is -3.29. The summed E-state index contributed by atoms with van der Waals surface area (Å²) < 4.78 is 29.8. The van der Waals surface area contributed by atoms with Crippen molar-refractivity contribution in [2.24, 2.45) is 11.8 Å². The molecule has 3 rings (SSSR count). The molecule has 7 nitrogen and oxygen atoms in total. The zero-order chi connectivity index (χ0) is 25.7. The van der Waals surface area contributed by atoms with Crippen LogP contribution in [0.3, 0.4) is 0 Å². The molecule has 0 saturated heterocycles. The number of ether oxygens (including phenoxy) is 3. The van der Waals surface area contributed by atoms with E-state index in [4.69, 9.17) is 14.2 Å². The summed E-state index contributed by atoms with van der Waals surface area (Å²) in [6.07, 6.45) is 3.92. The summed E-state index contributed by atoms with van der Waals surface area (Å²) in [5, 5.41) is 0. The number of Topliss-reactive ketones (excluding diaryl/α,β-unsaturated/α-hetero) is 1.